The second-order valence-electron chi connectivity index (χ2n) is 7.14. The summed E-state index contributed by atoms with van der Waals surface area (Å²) in [4.78, 5) is 37.7. The summed E-state index contributed by atoms with van der Waals surface area (Å²) < 4.78 is 35.7. The maximum Gasteiger partial charge on any atom is 0.331 e. The van der Waals surface area contributed by atoms with Crippen LogP contribution in [0.2, 0.25) is 0 Å². The van der Waals surface area contributed by atoms with Gasteiger partial charge in [0.15, 0.2) is 12.3 Å². The summed E-state index contributed by atoms with van der Waals surface area (Å²) in [5.41, 5.74) is -1.09. The van der Waals surface area contributed by atoms with Crippen LogP contribution in [-0.4, -0.2) is 58.3 Å². The highest BCUT2D eigenvalue weighted by Crippen LogP contribution is 2.51. The van der Waals surface area contributed by atoms with Gasteiger partial charge in [0, 0.05) is 18.7 Å². The normalized spacial score (nSPS) is 25.3. The van der Waals surface area contributed by atoms with Crippen LogP contribution in [0.3, 0.4) is 0 Å². The van der Waals surface area contributed by atoms with Crippen molar-refractivity contribution in [2.75, 3.05) is 19.4 Å². The SMILES string of the molecule is CCOP(=O)(C[C@@H](C)[C@H]1O[C@@H](n2cc(C)c(=O)[nH]c2=O)[C@H](OC(C)=O)[C@@H]1O)OCC. The molecule has 1 aliphatic rings. The summed E-state index contributed by atoms with van der Waals surface area (Å²) in [5, 5.41) is 10.8. The lowest BCUT2D eigenvalue weighted by Crippen LogP contribution is -2.41. The molecule has 0 aromatic carbocycles. The molecule has 0 bridgehead atoms. The number of aliphatic hydroxyl groups is 1. The molecule has 2 N–H and O–H groups in total. The van der Waals surface area contributed by atoms with Crippen molar-refractivity contribution >= 4 is 13.6 Å². The molecule has 1 aromatic heterocycles. The average Bonchev–Trinajstić information content (AvgIpc) is 2.94. The number of nitrogens with zero attached hydrogens (tertiary/aromatic N) is 1. The van der Waals surface area contributed by atoms with E-state index in [1.165, 1.54) is 20.0 Å². The molecule has 0 aliphatic carbocycles. The van der Waals surface area contributed by atoms with Gasteiger partial charge in [-0.25, -0.2) is 4.79 Å². The third-order valence-electron chi connectivity index (χ3n) is 4.70. The predicted octanol–water partition coefficient (Wildman–Crippen LogP) is 0.937. The Morgan fingerprint density at radius 1 is 1.33 bits per heavy atom. The molecule has 0 amide bonds. The molecule has 1 saturated heterocycles. The Kier molecular flexibility index (Phi) is 8.18. The molecule has 0 spiro atoms. The number of H-pyrrole nitrogens is 1. The monoisotopic (exact) mass is 448 g/mol. The fourth-order valence-electron chi connectivity index (χ4n) is 3.46. The highest BCUT2D eigenvalue weighted by Gasteiger charge is 2.50. The number of esters is 1. The molecule has 170 valence electrons. The smallest absolute Gasteiger partial charge is 0.331 e. The number of hydrogen-bond donors (Lipinski definition) is 2. The van der Waals surface area contributed by atoms with Crippen molar-refractivity contribution in [2.24, 2.45) is 5.92 Å². The molecule has 30 heavy (non-hydrogen) atoms. The molecule has 1 aliphatic heterocycles. The van der Waals surface area contributed by atoms with Gasteiger partial charge in [-0.05, 0) is 26.7 Å². The topological polar surface area (TPSA) is 146 Å². The molecule has 1 aromatic rings. The summed E-state index contributed by atoms with van der Waals surface area (Å²) in [6.45, 7) is 8.10. The minimum atomic E-state index is -3.43. The van der Waals surface area contributed by atoms with Crippen LogP contribution in [0.5, 0.6) is 0 Å². The summed E-state index contributed by atoms with van der Waals surface area (Å²) in [6.07, 6.45) is -3.42. The lowest BCUT2D eigenvalue weighted by Gasteiger charge is -2.26. The number of nitrogens with one attached hydrogen (secondary N) is 1. The van der Waals surface area contributed by atoms with Crippen molar-refractivity contribution in [3.63, 3.8) is 0 Å². The lowest BCUT2D eigenvalue weighted by atomic mass is 10.00. The van der Waals surface area contributed by atoms with E-state index in [0.29, 0.717) is 0 Å². The number of ether oxygens (including phenoxy) is 2. The molecular formula is C18H29N2O9P. The van der Waals surface area contributed by atoms with Crippen LogP contribution < -0.4 is 11.2 Å². The van der Waals surface area contributed by atoms with Crippen molar-refractivity contribution in [2.45, 2.75) is 59.2 Å². The van der Waals surface area contributed by atoms with E-state index in [0.717, 1.165) is 4.57 Å². The van der Waals surface area contributed by atoms with E-state index in [1.807, 2.05) is 0 Å². The van der Waals surface area contributed by atoms with E-state index in [-0.39, 0.29) is 24.9 Å². The number of carbonyl (C=O) groups excluding carboxylic acids is 1. The second kappa shape index (κ2) is 10.0. The highest BCUT2D eigenvalue weighted by molar-refractivity contribution is 7.53. The van der Waals surface area contributed by atoms with Crippen LogP contribution >= 0.6 is 7.60 Å². The number of hydrogen-bond acceptors (Lipinski definition) is 9. The predicted molar refractivity (Wildman–Crippen MR) is 106 cm³/mol. The number of carbonyl (C=O) groups is 1. The minimum absolute atomic E-state index is 0.0462. The lowest BCUT2D eigenvalue weighted by molar-refractivity contribution is -0.156. The third-order valence-corrected chi connectivity index (χ3v) is 7.02. The van der Waals surface area contributed by atoms with Gasteiger partial charge in [0.25, 0.3) is 5.56 Å². The van der Waals surface area contributed by atoms with E-state index in [4.69, 9.17) is 18.5 Å². The molecule has 2 heterocycles. The maximum atomic E-state index is 12.9. The van der Waals surface area contributed by atoms with Crippen LogP contribution in [0.1, 0.15) is 39.5 Å². The summed E-state index contributed by atoms with van der Waals surface area (Å²) >= 11 is 0. The Balaban J connectivity index is 2.36. The van der Waals surface area contributed by atoms with Gasteiger partial charge < -0.3 is 23.6 Å². The summed E-state index contributed by atoms with van der Waals surface area (Å²) in [6, 6.07) is 0. The number of rotatable bonds is 9. The van der Waals surface area contributed by atoms with Crippen LogP contribution in [0.25, 0.3) is 0 Å². The van der Waals surface area contributed by atoms with Gasteiger partial charge in [-0.1, -0.05) is 6.92 Å². The van der Waals surface area contributed by atoms with E-state index in [9.17, 15) is 24.1 Å². The van der Waals surface area contributed by atoms with Gasteiger partial charge in [0.2, 0.25) is 0 Å². The average molecular weight is 448 g/mol. The van der Waals surface area contributed by atoms with Crippen molar-refractivity contribution in [1.29, 1.82) is 0 Å². The molecule has 2 rings (SSSR count). The second-order valence-corrected chi connectivity index (χ2v) is 9.24. The molecule has 0 radical (unpaired) electrons. The van der Waals surface area contributed by atoms with Crippen molar-refractivity contribution in [3.05, 3.63) is 32.6 Å². The minimum Gasteiger partial charge on any atom is -0.455 e. The van der Waals surface area contributed by atoms with Gasteiger partial charge in [-0.3, -0.25) is 23.7 Å². The first-order valence-electron chi connectivity index (χ1n) is 9.73. The molecule has 5 atom stereocenters. The molecule has 0 unspecified atom stereocenters. The van der Waals surface area contributed by atoms with Gasteiger partial charge in [-0.15, -0.1) is 0 Å². The van der Waals surface area contributed by atoms with Crippen molar-refractivity contribution in [1.82, 2.24) is 9.55 Å². The van der Waals surface area contributed by atoms with Gasteiger partial charge in [-0.2, -0.15) is 0 Å². The van der Waals surface area contributed by atoms with Crippen LogP contribution in [0.4, 0.5) is 0 Å². The fraction of sp³-hybridized carbons (Fsp3) is 0.722. The number of aryl methyl sites for hydroxylation is 1. The Hall–Kier alpha value is -1.78. The van der Waals surface area contributed by atoms with E-state index in [2.05, 4.69) is 4.98 Å². The number of aliphatic hydroxyl groups excluding tert-OH is 1. The van der Waals surface area contributed by atoms with Crippen LogP contribution in [-0.2, 0) is 27.9 Å². The summed E-state index contributed by atoms with van der Waals surface area (Å²) in [5.74, 6) is -1.21. The Bertz CT molecular complexity index is 902. The van der Waals surface area contributed by atoms with Gasteiger partial charge in [0.1, 0.15) is 6.10 Å². The van der Waals surface area contributed by atoms with Gasteiger partial charge in [0.05, 0.1) is 25.5 Å². The van der Waals surface area contributed by atoms with Crippen LogP contribution in [0.15, 0.2) is 15.8 Å². The molecule has 12 heteroatoms. The fourth-order valence-corrected chi connectivity index (χ4v) is 5.44. The number of aromatic nitrogens is 2. The van der Waals surface area contributed by atoms with E-state index < -0.39 is 55.3 Å². The van der Waals surface area contributed by atoms with Crippen molar-refractivity contribution < 1.29 is 33.0 Å². The zero-order valence-corrected chi connectivity index (χ0v) is 18.6. The Labute approximate surface area is 173 Å². The molecule has 0 saturated carbocycles. The Morgan fingerprint density at radius 2 is 1.93 bits per heavy atom. The van der Waals surface area contributed by atoms with Crippen LogP contribution in [0, 0.1) is 12.8 Å². The zero-order valence-electron chi connectivity index (χ0n) is 17.7. The van der Waals surface area contributed by atoms with E-state index in [1.54, 1.807) is 20.8 Å². The maximum absolute atomic E-state index is 12.9. The first-order valence-corrected chi connectivity index (χ1v) is 11.5. The third kappa shape index (κ3) is 5.47. The first-order chi connectivity index (χ1) is 14.0. The highest BCUT2D eigenvalue weighted by atomic mass is 31.2. The largest absolute Gasteiger partial charge is 0.455 e. The van der Waals surface area contributed by atoms with Crippen molar-refractivity contribution in [3.8, 4) is 0 Å². The molecule has 1 fully saturated rings. The molecular weight excluding hydrogens is 419 g/mol. The quantitative estimate of drug-likeness (QED) is 0.416. The Morgan fingerprint density at radius 3 is 2.47 bits per heavy atom. The first kappa shape index (κ1) is 24.5. The van der Waals surface area contributed by atoms with E-state index >= 15 is 0 Å². The summed E-state index contributed by atoms with van der Waals surface area (Å²) in [7, 11) is -3.43. The number of aromatic amines is 1. The zero-order chi connectivity index (χ0) is 22.6. The molecule has 11 nitrogen and oxygen atoms in total. The standard InChI is InChI=1S/C18H29N2O9P/c1-6-26-30(25,27-7-2)9-11(4)14-13(22)15(28-12(5)21)17(29-14)20-8-10(3)16(23)19-18(20)24/h8,11,13-15,17,22H,6-7,9H2,1-5H3,(H,19,23,24)/t11-,13-,14-,15-,17-/m1/s1. The van der Waals surface area contributed by atoms with Gasteiger partial charge >= 0.3 is 19.3 Å².